The summed E-state index contributed by atoms with van der Waals surface area (Å²) in [7, 11) is 0. The summed E-state index contributed by atoms with van der Waals surface area (Å²) in [6.45, 7) is 1.79. The molecule has 1 nitrogen and oxygen atoms in total. The lowest BCUT2D eigenvalue weighted by Crippen LogP contribution is -2.04. The highest BCUT2D eigenvalue weighted by atomic mass is 35.5. The molecule has 0 spiro atoms. The fourth-order valence-corrected chi connectivity index (χ4v) is 0.913. The molecule has 68 valence electrons. The Kier molecular flexibility index (Phi) is 4.53. The second kappa shape index (κ2) is 4.65. The molecule has 0 aromatic heterocycles. The van der Waals surface area contributed by atoms with E-state index in [1.165, 1.54) is 12.1 Å². The summed E-state index contributed by atoms with van der Waals surface area (Å²) in [5, 5.41) is 0.134. The van der Waals surface area contributed by atoms with Gasteiger partial charge in [0, 0.05) is 6.04 Å². The molecular formula is C8H10Cl2FN. The molecule has 4 heteroatoms. The molecule has 0 bridgehead atoms. The lowest BCUT2D eigenvalue weighted by molar-refractivity contribution is 0.623. The first kappa shape index (κ1) is 11.7. The maximum Gasteiger partial charge on any atom is 0.142 e. The summed E-state index contributed by atoms with van der Waals surface area (Å²) in [6, 6.07) is 4.43. The first-order chi connectivity index (χ1) is 5.11. The Morgan fingerprint density at radius 1 is 1.50 bits per heavy atom. The highest BCUT2D eigenvalue weighted by Crippen LogP contribution is 2.18. The van der Waals surface area contributed by atoms with Gasteiger partial charge >= 0.3 is 0 Å². The molecule has 0 aliphatic carbocycles. The van der Waals surface area contributed by atoms with Gasteiger partial charge < -0.3 is 5.73 Å². The van der Waals surface area contributed by atoms with Gasteiger partial charge in [-0.3, -0.25) is 0 Å². The molecule has 0 unspecified atom stereocenters. The van der Waals surface area contributed by atoms with Crippen LogP contribution in [0.25, 0.3) is 0 Å². The van der Waals surface area contributed by atoms with Crippen molar-refractivity contribution in [2.45, 2.75) is 13.0 Å². The van der Waals surface area contributed by atoms with Crippen molar-refractivity contribution in [2.75, 3.05) is 0 Å². The van der Waals surface area contributed by atoms with E-state index in [1.54, 1.807) is 13.0 Å². The SMILES string of the molecule is C[C@H](N)c1ccc(Cl)c(F)c1.Cl. The van der Waals surface area contributed by atoms with Crippen LogP contribution in [-0.4, -0.2) is 0 Å². The van der Waals surface area contributed by atoms with E-state index in [-0.39, 0.29) is 23.5 Å². The molecular weight excluding hydrogens is 200 g/mol. The second-order valence-corrected chi connectivity index (χ2v) is 2.87. The summed E-state index contributed by atoms with van der Waals surface area (Å²) in [4.78, 5) is 0. The van der Waals surface area contributed by atoms with E-state index in [2.05, 4.69) is 0 Å². The zero-order valence-electron chi connectivity index (χ0n) is 6.55. The zero-order valence-corrected chi connectivity index (χ0v) is 8.12. The van der Waals surface area contributed by atoms with Crippen LogP contribution in [0.2, 0.25) is 5.02 Å². The number of benzene rings is 1. The minimum atomic E-state index is -0.415. The van der Waals surface area contributed by atoms with Crippen molar-refractivity contribution in [3.8, 4) is 0 Å². The maximum atomic E-state index is 12.8. The van der Waals surface area contributed by atoms with Gasteiger partial charge in [-0.15, -0.1) is 12.4 Å². The van der Waals surface area contributed by atoms with Gasteiger partial charge in [-0.2, -0.15) is 0 Å². The number of nitrogens with two attached hydrogens (primary N) is 1. The van der Waals surface area contributed by atoms with E-state index in [4.69, 9.17) is 17.3 Å². The first-order valence-electron chi connectivity index (χ1n) is 3.32. The molecule has 0 heterocycles. The van der Waals surface area contributed by atoms with Crippen molar-refractivity contribution in [1.29, 1.82) is 0 Å². The predicted octanol–water partition coefficient (Wildman–Crippen LogP) is 2.92. The summed E-state index contributed by atoms with van der Waals surface area (Å²) in [5.41, 5.74) is 6.28. The van der Waals surface area contributed by atoms with Gasteiger partial charge in [0.1, 0.15) is 5.82 Å². The monoisotopic (exact) mass is 209 g/mol. The molecule has 0 amide bonds. The van der Waals surface area contributed by atoms with E-state index < -0.39 is 5.82 Å². The summed E-state index contributed by atoms with van der Waals surface area (Å²) >= 11 is 5.47. The van der Waals surface area contributed by atoms with Crippen molar-refractivity contribution in [2.24, 2.45) is 5.73 Å². The molecule has 1 atom stereocenters. The van der Waals surface area contributed by atoms with E-state index in [0.29, 0.717) is 0 Å². The highest BCUT2D eigenvalue weighted by molar-refractivity contribution is 6.30. The van der Waals surface area contributed by atoms with Crippen LogP contribution < -0.4 is 5.73 Å². The summed E-state index contributed by atoms with van der Waals surface area (Å²) in [5.74, 6) is -0.415. The lowest BCUT2D eigenvalue weighted by atomic mass is 10.1. The molecule has 1 aromatic rings. The highest BCUT2D eigenvalue weighted by Gasteiger charge is 2.03. The molecule has 0 radical (unpaired) electrons. The number of hydrogen-bond donors (Lipinski definition) is 1. The van der Waals surface area contributed by atoms with Crippen LogP contribution in [0.1, 0.15) is 18.5 Å². The fraction of sp³-hybridized carbons (Fsp3) is 0.250. The van der Waals surface area contributed by atoms with Crippen LogP contribution >= 0.6 is 24.0 Å². The third kappa shape index (κ3) is 2.63. The Morgan fingerprint density at radius 2 is 2.08 bits per heavy atom. The van der Waals surface area contributed by atoms with E-state index in [0.717, 1.165) is 5.56 Å². The van der Waals surface area contributed by atoms with Gasteiger partial charge in [0.25, 0.3) is 0 Å². The van der Waals surface area contributed by atoms with E-state index >= 15 is 0 Å². The van der Waals surface area contributed by atoms with Crippen molar-refractivity contribution in [3.63, 3.8) is 0 Å². The van der Waals surface area contributed by atoms with Gasteiger partial charge in [0.15, 0.2) is 0 Å². The molecule has 2 N–H and O–H groups in total. The first-order valence-corrected chi connectivity index (χ1v) is 3.69. The van der Waals surface area contributed by atoms with Gasteiger partial charge in [-0.1, -0.05) is 17.7 Å². The van der Waals surface area contributed by atoms with Gasteiger partial charge in [0.05, 0.1) is 5.02 Å². The average molecular weight is 210 g/mol. The minimum Gasteiger partial charge on any atom is -0.324 e. The fourth-order valence-electron chi connectivity index (χ4n) is 0.796. The van der Waals surface area contributed by atoms with Crippen LogP contribution in [0.5, 0.6) is 0 Å². The normalized spacial score (nSPS) is 12.0. The quantitative estimate of drug-likeness (QED) is 0.757. The Morgan fingerprint density at radius 3 is 2.50 bits per heavy atom. The van der Waals surface area contributed by atoms with Gasteiger partial charge in [-0.05, 0) is 24.6 Å². The Bertz CT molecular complexity index is 263. The number of halogens is 3. The topological polar surface area (TPSA) is 26.0 Å². The van der Waals surface area contributed by atoms with E-state index in [9.17, 15) is 4.39 Å². The average Bonchev–Trinajstić information content (AvgIpc) is 1.94. The van der Waals surface area contributed by atoms with Crippen LogP contribution in [0.15, 0.2) is 18.2 Å². The van der Waals surface area contributed by atoms with Crippen LogP contribution in [0.4, 0.5) is 4.39 Å². The van der Waals surface area contributed by atoms with Gasteiger partial charge in [0.2, 0.25) is 0 Å². The molecule has 0 saturated carbocycles. The number of rotatable bonds is 1. The Hall–Kier alpha value is -0.310. The lowest BCUT2D eigenvalue weighted by Gasteiger charge is -2.04. The molecule has 12 heavy (non-hydrogen) atoms. The van der Waals surface area contributed by atoms with Crippen LogP contribution in [0.3, 0.4) is 0 Å². The van der Waals surface area contributed by atoms with Crippen molar-refractivity contribution >= 4 is 24.0 Å². The van der Waals surface area contributed by atoms with E-state index in [1.807, 2.05) is 0 Å². The Balaban J connectivity index is 0.00000121. The van der Waals surface area contributed by atoms with Crippen LogP contribution in [-0.2, 0) is 0 Å². The molecule has 1 rings (SSSR count). The zero-order chi connectivity index (χ0) is 8.43. The molecule has 0 fully saturated rings. The van der Waals surface area contributed by atoms with Crippen molar-refractivity contribution in [1.82, 2.24) is 0 Å². The third-order valence-corrected chi connectivity index (χ3v) is 1.78. The molecule has 0 aliphatic heterocycles. The maximum absolute atomic E-state index is 12.8. The van der Waals surface area contributed by atoms with Crippen molar-refractivity contribution < 1.29 is 4.39 Å². The van der Waals surface area contributed by atoms with Crippen molar-refractivity contribution in [3.05, 3.63) is 34.6 Å². The smallest absolute Gasteiger partial charge is 0.142 e. The predicted molar refractivity (Wildman–Crippen MR) is 51.3 cm³/mol. The largest absolute Gasteiger partial charge is 0.324 e. The summed E-state index contributed by atoms with van der Waals surface area (Å²) in [6.07, 6.45) is 0. The summed E-state index contributed by atoms with van der Waals surface area (Å²) < 4.78 is 12.8. The molecule has 0 aliphatic rings. The third-order valence-electron chi connectivity index (χ3n) is 1.47. The number of hydrogen-bond acceptors (Lipinski definition) is 1. The standard InChI is InChI=1S/C8H9ClFN.ClH/c1-5(11)6-2-3-7(9)8(10)4-6;/h2-5H,11H2,1H3;1H/t5-;/m0./s1. The second-order valence-electron chi connectivity index (χ2n) is 2.46. The molecule has 1 aromatic carbocycles. The minimum absolute atomic E-state index is 0. The molecule has 0 saturated heterocycles. The van der Waals surface area contributed by atoms with Gasteiger partial charge in [-0.25, -0.2) is 4.39 Å². The Labute approximate surface area is 82.1 Å². The van der Waals surface area contributed by atoms with Crippen LogP contribution in [0, 0.1) is 5.82 Å².